The summed E-state index contributed by atoms with van der Waals surface area (Å²) in [5, 5.41) is 0. The molecule has 0 N–H and O–H groups in total. The van der Waals surface area contributed by atoms with Crippen LogP contribution in [-0.2, 0) is 11.3 Å². The minimum Gasteiger partial charge on any atom is -0.418 e. The Morgan fingerprint density at radius 2 is 2.04 bits per heavy atom. The fourth-order valence-electron chi connectivity index (χ4n) is 2.33. The third kappa shape index (κ3) is 3.21. The van der Waals surface area contributed by atoms with E-state index >= 15 is 0 Å². The SMILES string of the molecule is Cc1ncc(-c2ccc(F)c(F)c2)cc1CN1CC=COC1=O. The number of ether oxygens (including phenoxy) is 1. The van der Waals surface area contributed by atoms with Gasteiger partial charge in [-0.3, -0.25) is 9.88 Å². The van der Waals surface area contributed by atoms with Crippen molar-refractivity contribution in [2.45, 2.75) is 13.5 Å². The first-order valence-corrected chi connectivity index (χ1v) is 7.06. The molecule has 1 aromatic carbocycles. The van der Waals surface area contributed by atoms with Crippen molar-refractivity contribution < 1.29 is 18.3 Å². The Balaban J connectivity index is 1.91. The van der Waals surface area contributed by atoms with Gasteiger partial charge in [0, 0.05) is 24.0 Å². The average molecular weight is 316 g/mol. The quantitative estimate of drug-likeness (QED) is 0.865. The lowest BCUT2D eigenvalue weighted by Gasteiger charge is -2.23. The number of cyclic esters (lactones) is 1. The van der Waals surface area contributed by atoms with Crippen LogP contribution in [0.25, 0.3) is 11.1 Å². The van der Waals surface area contributed by atoms with E-state index in [2.05, 4.69) is 4.98 Å². The molecule has 0 bridgehead atoms. The maximum atomic E-state index is 13.4. The molecule has 0 saturated heterocycles. The van der Waals surface area contributed by atoms with Crippen molar-refractivity contribution in [1.29, 1.82) is 0 Å². The maximum Gasteiger partial charge on any atom is 0.415 e. The molecule has 0 radical (unpaired) electrons. The summed E-state index contributed by atoms with van der Waals surface area (Å²) in [7, 11) is 0. The molecule has 4 nitrogen and oxygen atoms in total. The van der Waals surface area contributed by atoms with Crippen molar-refractivity contribution in [2.24, 2.45) is 0 Å². The Kier molecular flexibility index (Phi) is 4.06. The van der Waals surface area contributed by atoms with Crippen LogP contribution in [0.15, 0.2) is 42.8 Å². The first-order valence-electron chi connectivity index (χ1n) is 7.06. The number of nitrogens with zero attached hydrogens (tertiary/aromatic N) is 2. The van der Waals surface area contributed by atoms with Crippen molar-refractivity contribution in [3.8, 4) is 11.1 Å². The van der Waals surface area contributed by atoms with E-state index in [0.717, 1.165) is 23.4 Å². The van der Waals surface area contributed by atoms with Crippen molar-refractivity contribution in [1.82, 2.24) is 9.88 Å². The summed E-state index contributed by atoms with van der Waals surface area (Å²) in [5.74, 6) is -1.80. The number of hydrogen-bond donors (Lipinski definition) is 0. The molecule has 1 aromatic heterocycles. The molecule has 0 fully saturated rings. The van der Waals surface area contributed by atoms with Crippen molar-refractivity contribution in [3.05, 3.63) is 65.7 Å². The molecule has 23 heavy (non-hydrogen) atoms. The van der Waals surface area contributed by atoms with E-state index in [1.807, 2.05) is 13.0 Å². The van der Waals surface area contributed by atoms with Gasteiger partial charge in [-0.05, 0) is 42.3 Å². The van der Waals surface area contributed by atoms with Gasteiger partial charge >= 0.3 is 6.09 Å². The Labute approximate surface area is 132 Å². The van der Waals surface area contributed by atoms with Gasteiger partial charge in [-0.15, -0.1) is 0 Å². The van der Waals surface area contributed by atoms with E-state index in [1.165, 1.54) is 17.2 Å². The molecular weight excluding hydrogens is 302 g/mol. The number of pyridine rings is 1. The monoisotopic (exact) mass is 316 g/mol. The molecule has 1 aliphatic rings. The molecule has 118 valence electrons. The highest BCUT2D eigenvalue weighted by molar-refractivity contribution is 5.70. The molecule has 0 unspecified atom stereocenters. The molecule has 3 rings (SSSR count). The summed E-state index contributed by atoms with van der Waals surface area (Å²) >= 11 is 0. The number of amides is 1. The van der Waals surface area contributed by atoms with Gasteiger partial charge in [-0.25, -0.2) is 13.6 Å². The number of carbonyl (C=O) groups excluding carboxylic acids is 1. The first kappa shape index (κ1) is 15.1. The number of rotatable bonds is 3. The van der Waals surface area contributed by atoms with Crippen LogP contribution in [0.1, 0.15) is 11.3 Å². The van der Waals surface area contributed by atoms with E-state index < -0.39 is 17.7 Å². The molecule has 2 heterocycles. The van der Waals surface area contributed by atoms with Crippen LogP contribution >= 0.6 is 0 Å². The first-order chi connectivity index (χ1) is 11.0. The molecule has 1 aliphatic heterocycles. The van der Waals surface area contributed by atoms with Crippen LogP contribution in [0.3, 0.4) is 0 Å². The molecule has 0 aliphatic carbocycles. The topological polar surface area (TPSA) is 42.4 Å². The lowest BCUT2D eigenvalue weighted by atomic mass is 10.0. The van der Waals surface area contributed by atoms with E-state index in [-0.39, 0.29) is 0 Å². The highest BCUT2D eigenvalue weighted by atomic mass is 19.2. The van der Waals surface area contributed by atoms with Crippen LogP contribution in [0.4, 0.5) is 13.6 Å². The molecule has 6 heteroatoms. The third-order valence-electron chi connectivity index (χ3n) is 3.65. The number of aromatic nitrogens is 1. The smallest absolute Gasteiger partial charge is 0.415 e. The second-order valence-corrected chi connectivity index (χ2v) is 5.23. The Bertz CT molecular complexity index is 790. The molecule has 0 spiro atoms. The fourth-order valence-corrected chi connectivity index (χ4v) is 2.33. The second-order valence-electron chi connectivity index (χ2n) is 5.23. The summed E-state index contributed by atoms with van der Waals surface area (Å²) < 4.78 is 31.3. The summed E-state index contributed by atoms with van der Waals surface area (Å²) in [5.41, 5.74) is 2.77. The van der Waals surface area contributed by atoms with Crippen LogP contribution in [0, 0.1) is 18.6 Å². The van der Waals surface area contributed by atoms with Crippen LogP contribution in [0.5, 0.6) is 0 Å². The van der Waals surface area contributed by atoms with Gasteiger partial charge in [-0.1, -0.05) is 6.07 Å². The van der Waals surface area contributed by atoms with E-state index in [4.69, 9.17) is 4.74 Å². The van der Waals surface area contributed by atoms with Crippen LogP contribution < -0.4 is 0 Å². The predicted octanol–water partition coefficient (Wildman–Crippen LogP) is 3.80. The standard InChI is InChI=1S/C17H14F2N2O2/c1-11-14(10-21-5-2-6-23-17(21)22)7-13(9-20-11)12-3-4-15(18)16(19)8-12/h2-4,6-9H,5,10H2,1H3. The molecule has 0 atom stereocenters. The summed E-state index contributed by atoms with van der Waals surface area (Å²) in [6, 6.07) is 5.52. The highest BCUT2D eigenvalue weighted by Crippen LogP contribution is 2.24. The molecule has 0 saturated carbocycles. The Morgan fingerprint density at radius 1 is 1.22 bits per heavy atom. The van der Waals surface area contributed by atoms with E-state index in [0.29, 0.717) is 24.2 Å². The number of hydrogen-bond acceptors (Lipinski definition) is 3. The van der Waals surface area contributed by atoms with Gasteiger partial charge in [0.05, 0.1) is 12.8 Å². The van der Waals surface area contributed by atoms with Gasteiger partial charge in [0.25, 0.3) is 0 Å². The number of benzene rings is 1. The zero-order valence-electron chi connectivity index (χ0n) is 12.4. The number of halogens is 2. The maximum absolute atomic E-state index is 13.4. The van der Waals surface area contributed by atoms with Crippen molar-refractivity contribution in [2.75, 3.05) is 6.54 Å². The summed E-state index contributed by atoms with van der Waals surface area (Å²) in [4.78, 5) is 17.5. The van der Waals surface area contributed by atoms with Gasteiger partial charge in [0.15, 0.2) is 11.6 Å². The van der Waals surface area contributed by atoms with Gasteiger partial charge in [0.1, 0.15) is 0 Å². The molecular formula is C17H14F2N2O2. The molecule has 2 aromatic rings. The highest BCUT2D eigenvalue weighted by Gasteiger charge is 2.18. The number of carbonyl (C=O) groups is 1. The van der Waals surface area contributed by atoms with Crippen molar-refractivity contribution >= 4 is 6.09 Å². The van der Waals surface area contributed by atoms with E-state index in [9.17, 15) is 13.6 Å². The predicted molar refractivity (Wildman–Crippen MR) is 80.4 cm³/mol. The summed E-state index contributed by atoms with van der Waals surface area (Å²) in [6.45, 7) is 2.61. The van der Waals surface area contributed by atoms with Gasteiger partial charge < -0.3 is 4.74 Å². The van der Waals surface area contributed by atoms with Crippen LogP contribution in [-0.4, -0.2) is 22.5 Å². The average Bonchev–Trinajstić information content (AvgIpc) is 2.54. The third-order valence-corrected chi connectivity index (χ3v) is 3.65. The van der Waals surface area contributed by atoms with Crippen molar-refractivity contribution in [3.63, 3.8) is 0 Å². The molecule has 1 amide bonds. The van der Waals surface area contributed by atoms with Gasteiger partial charge in [-0.2, -0.15) is 0 Å². The lowest BCUT2D eigenvalue weighted by molar-refractivity contribution is 0.131. The summed E-state index contributed by atoms with van der Waals surface area (Å²) in [6.07, 6.45) is 4.27. The minimum atomic E-state index is -0.908. The number of aryl methyl sites for hydroxylation is 1. The Hall–Kier alpha value is -2.76. The largest absolute Gasteiger partial charge is 0.418 e. The van der Waals surface area contributed by atoms with Crippen LogP contribution in [0.2, 0.25) is 0 Å². The fraction of sp³-hybridized carbons (Fsp3) is 0.176. The van der Waals surface area contributed by atoms with Gasteiger partial charge in [0.2, 0.25) is 0 Å². The zero-order valence-corrected chi connectivity index (χ0v) is 12.4. The van der Waals surface area contributed by atoms with E-state index in [1.54, 1.807) is 12.3 Å². The zero-order chi connectivity index (χ0) is 16.4. The normalized spacial score (nSPS) is 14.0. The second kappa shape index (κ2) is 6.16. The Morgan fingerprint density at radius 3 is 2.78 bits per heavy atom. The minimum absolute atomic E-state index is 0.333. The lowest BCUT2D eigenvalue weighted by Crippen LogP contribution is -2.33.